The van der Waals surface area contributed by atoms with Crippen LogP contribution in [0.5, 0.6) is 0 Å². The maximum Gasteiger partial charge on any atom is 0.195 e. The third kappa shape index (κ3) is 3.60. The van der Waals surface area contributed by atoms with Gasteiger partial charge < -0.3 is 5.32 Å². The summed E-state index contributed by atoms with van der Waals surface area (Å²) in [5.74, 6) is -0.145. The number of benzene rings is 2. The molecular weight excluding hydrogens is 342 g/mol. The molecule has 0 radical (unpaired) electrons. The second-order valence-electron chi connectivity index (χ2n) is 4.31. The smallest absolute Gasteiger partial charge is 0.195 e. The molecule has 0 fully saturated rings. The molecule has 2 aromatic rings. The third-order valence-corrected chi connectivity index (χ3v) is 3.37. The molecule has 0 heterocycles. The number of hydrogen-bond donors (Lipinski definition) is 1. The van der Waals surface area contributed by atoms with Crippen molar-refractivity contribution in [3.8, 4) is 12.1 Å². The quantitative estimate of drug-likeness (QED) is 0.666. The van der Waals surface area contributed by atoms with Crippen LogP contribution in [0, 0.1) is 22.7 Å². The Morgan fingerprint density at radius 2 is 1.77 bits per heavy atom. The minimum Gasteiger partial charge on any atom is -0.359 e. The molecule has 1 N–H and O–H groups in total. The number of carbonyl (C=O) groups is 1. The fourth-order valence-corrected chi connectivity index (χ4v) is 2.18. The summed E-state index contributed by atoms with van der Waals surface area (Å²) in [6.45, 7) is 0. The summed E-state index contributed by atoms with van der Waals surface area (Å²) >= 11 is 3.34. The Labute approximate surface area is 136 Å². The molecule has 4 nitrogen and oxygen atoms in total. The molecule has 2 aromatic carbocycles. The van der Waals surface area contributed by atoms with Crippen LogP contribution in [0.2, 0.25) is 0 Å². The van der Waals surface area contributed by atoms with Crippen LogP contribution in [-0.4, -0.2) is 5.78 Å². The summed E-state index contributed by atoms with van der Waals surface area (Å²) in [5.41, 5.74) is 1.47. The van der Waals surface area contributed by atoms with Crippen molar-refractivity contribution in [3.05, 3.63) is 75.9 Å². The fraction of sp³-hybridized carbons (Fsp3) is 0. The van der Waals surface area contributed by atoms with Gasteiger partial charge in [-0.3, -0.25) is 4.79 Å². The van der Waals surface area contributed by atoms with Gasteiger partial charge in [-0.1, -0.05) is 46.3 Å². The normalized spacial score (nSPS) is 9.23. The molecule has 22 heavy (non-hydrogen) atoms. The van der Waals surface area contributed by atoms with Crippen molar-refractivity contribution in [1.82, 2.24) is 0 Å². The first-order valence-corrected chi connectivity index (χ1v) is 7.11. The summed E-state index contributed by atoms with van der Waals surface area (Å²) in [6, 6.07) is 17.6. The van der Waals surface area contributed by atoms with Gasteiger partial charge in [-0.25, -0.2) is 0 Å². The van der Waals surface area contributed by atoms with E-state index in [4.69, 9.17) is 10.5 Å². The number of halogens is 1. The van der Waals surface area contributed by atoms with E-state index in [1.54, 1.807) is 54.6 Å². The van der Waals surface area contributed by atoms with Gasteiger partial charge in [0.2, 0.25) is 0 Å². The number of allylic oxidation sites excluding steroid dienone is 1. The van der Waals surface area contributed by atoms with E-state index in [0.29, 0.717) is 16.8 Å². The highest BCUT2D eigenvalue weighted by Gasteiger charge is 2.13. The van der Waals surface area contributed by atoms with Crippen molar-refractivity contribution < 1.29 is 4.79 Å². The monoisotopic (exact) mass is 351 g/mol. The molecule has 0 spiro atoms. The number of nitrogens with one attached hydrogen (secondary N) is 1. The third-order valence-electron chi connectivity index (χ3n) is 2.88. The molecule has 0 amide bonds. The minimum atomic E-state index is -0.145. The number of hydrogen-bond acceptors (Lipinski definition) is 4. The molecule has 0 unspecified atom stereocenters. The van der Waals surface area contributed by atoms with Crippen LogP contribution in [0.4, 0.5) is 5.69 Å². The molecule has 2 rings (SSSR count). The van der Waals surface area contributed by atoms with E-state index in [-0.39, 0.29) is 11.4 Å². The second-order valence-corrected chi connectivity index (χ2v) is 5.23. The lowest BCUT2D eigenvalue weighted by molar-refractivity contribution is 0.103. The number of nitriles is 2. The van der Waals surface area contributed by atoms with Gasteiger partial charge in [-0.05, 0) is 18.2 Å². The summed E-state index contributed by atoms with van der Waals surface area (Å²) in [7, 11) is 0. The Morgan fingerprint density at radius 3 is 2.41 bits per heavy atom. The lowest BCUT2D eigenvalue weighted by Crippen LogP contribution is -2.05. The van der Waals surface area contributed by atoms with E-state index < -0.39 is 0 Å². The number of nitrogens with zero attached hydrogens (tertiary/aromatic N) is 2. The first-order valence-electron chi connectivity index (χ1n) is 6.32. The Kier molecular flexibility index (Phi) is 5.08. The summed E-state index contributed by atoms with van der Waals surface area (Å²) < 4.78 is 0.766. The standard InChI is InChI=1S/C17H10BrN3O/c18-14-6-7-16(21-11-12(9-19)10-20)15(8-14)17(22)13-4-2-1-3-5-13/h1-8,11,21H. The zero-order valence-electron chi connectivity index (χ0n) is 11.4. The largest absolute Gasteiger partial charge is 0.359 e. The van der Waals surface area contributed by atoms with Gasteiger partial charge in [0.1, 0.15) is 17.7 Å². The predicted octanol–water partition coefficient (Wildman–Crippen LogP) is 4.02. The topological polar surface area (TPSA) is 76.7 Å². The highest BCUT2D eigenvalue weighted by molar-refractivity contribution is 9.10. The van der Waals surface area contributed by atoms with Gasteiger partial charge in [-0.2, -0.15) is 10.5 Å². The van der Waals surface area contributed by atoms with Gasteiger partial charge in [0, 0.05) is 27.5 Å². The van der Waals surface area contributed by atoms with Gasteiger partial charge in [0.15, 0.2) is 5.78 Å². The first kappa shape index (κ1) is 15.5. The Bertz CT molecular complexity index is 798. The molecule has 5 heteroatoms. The molecule has 0 aliphatic heterocycles. The average molecular weight is 352 g/mol. The Hall–Kier alpha value is -2.89. The van der Waals surface area contributed by atoms with E-state index >= 15 is 0 Å². The van der Waals surface area contributed by atoms with Crippen molar-refractivity contribution in [2.75, 3.05) is 5.32 Å². The van der Waals surface area contributed by atoms with Crippen molar-refractivity contribution in [1.29, 1.82) is 10.5 Å². The number of anilines is 1. The van der Waals surface area contributed by atoms with Crippen LogP contribution < -0.4 is 5.32 Å². The van der Waals surface area contributed by atoms with Gasteiger partial charge in [0.25, 0.3) is 0 Å². The second kappa shape index (κ2) is 7.21. The number of carbonyl (C=O) groups excluding carboxylic acids is 1. The molecule has 0 saturated heterocycles. The van der Waals surface area contributed by atoms with Crippen LogP contribution >= 0.6 is 15.9 Å². The van der Waals surface area contributed by atoms with Crippen LogP contribution in [0.3, 0.4) is 0 Å². The van der Waals surface area contributed by atoms with Crippen molar-refractivity contribution in [2.24, 2.45) is 0 Å². The fourth-order valence-electron chi connectivity index (χ4n) is 1.81. The van der Waals surface area contributed by atoms with Crippen molar-refractivity contribution in [3.63, 3.8) is 0 Å². The summed E-state index contributed by atoms with van der Waals surface area (Å²) in [6.07, 6.45) is 1.28. The summed E-state index contributed by atoms with van der Waals surface area (Å²) in [4.78, 5) is 12.6. The maximum atomic E-state index is 12.6. The first-order chi connectivity index (χ1) is 10.7. The molecule has 0 bridgehead atoms. The lowest BCUT2D eigenvalue weighted by Gasteiger charge is -2.09. The van der Waals surface area contributed by atoms with Crippen molar-refractivity contribution >= 4 is 27.4 Å². The highest BCUT2D eigenvalue weighted by atomic mass is 79.9. The average Bonchev–Trinajstić information content (AvgIpc) is 2.57. The minimum absolute atomic E-state index is 0.0685. The lowest BCUT2D eigenvalue weighted by atomic mass is 10.0. The zero-order valence-corrected chi connectivity index (χ0v) is 13.0. The molecular formula is C17H10BrN3O. The van der Waals surface area contributed by atoms with Crippen LogP contribution in [0.1, 0.15) is 15.9 Å². The molecule has 0 aliphatic carbocycles. The summed E-state index contributed by atoms with van der Waals surface area (Å²) in [5, 5.41) is 20.3. The molecule has 106 valence electrons. The Balaban J connectivity index is 2.41. The molecule has 0 atom stereocenters. The predicted molar refractivity (Wildman–Crippen MR) is 86.9 cm³/mol. The van der Waals surface area contributed by atoms with Gasteiger partial charge in [-0.15, -0.1) is 0 Å². The van der Waals surface area contributed by atoms with Crippen LogP contribution in [-0.2, 0) is 0 Å². The van der Waals surface area contributed by atoms with Crippen LogP contribution in [0.15, 0.2) is 64.8 Å². The van der Waals surface area contributed by atoms with Gasteiger partial charge in [0.05, 0.1) is 0 Å². The number of ketones is 1. The van der Waals surface area contributed by atoms with Crippen LogP contribution in [0.25, 0.3) is 0 Å². The Morgan fingerprint density at radius 1 is 1.09 bits per heavy atom. The number of rotatable bonds is 4. The molecule has 0 aromatic heterocycles. The molecule has 0 saturated carbocycles. The van der Waals surface area contributed by atoms with E-state index in [2.05, 4.69) is 21.2 Å². The highest BCUT2D eigenvalue weighted by Crippen LogP contribution is 2.24. The molecule has 0 aliphatic rings. The van der Waals surface area contributed by atoms with E-state index in [0.717, 1.165) is 4.47 Å². The maximum absolute atomic E-state index is 12.6. The SMILES string of the molecule is N#CC(C#N)=CNc1ccc(Br)cc1C(=O)c1ccccc1. The van der Waals surface area contributed by atoms with Gasteiger partial charge >= 0.3 is 0 Å². The van der Waals surface area contributed by atoms with E-state index in [1.165, 1.54) is 6.20 Å². The van der Waals surface area contributed by atoms with E-state index in [9.17, 15) is 4.79 Å². The van der Waals surface area contributed by atoms with Crippen molar-refractivity contribution in [2.45, 2.75) is 0 Å². The zero-order chi connectivity index (χ0) is 15.9. The van der Waals surface area contributed by atoms with E-state index in [1.807, 2.05) is 6.07 Å².